The van der Waals surface area contributed by atoms with E-state index in [0.29, 0.717) is 0 Å². The third-order valence-electron chi connectivity index (χ3n) is 2.48. The number of anilines is 1. The van der Waals surface area contributed by atoms with Crippen LogP contribution in [0.5, 0.6) is 5.75 Å². The molecule has 2 aromatic rings. The van der Waals surface area contributed by atoms with E-state index in [2.05, 4.69) is 31.0 Å². The predicted octanol–water partition coefficient (Wildman–Crippen LogP) is 0.782. The lowest BCUT2D eigenvalue weighted by molar-refractivity contribution is 0.0697. The number of halogens is 1. The van der Waals surface area contributed by atoms with Crippen LogP contribution in [0.3, 0.4) is 0 Å². The highest BCUT2D eigenvalue weighted by atomic mass is 79.9. The zero-order valence-corrected chi connectivity index (χ0v) is 12.9. The fourth-order valence-corrected chi connectivity index (χ4v) is 3.72. The number of sulfonamides is 1. The van der Waals surface area contributed by atoms with Crippen LogP contribution in [-0.4, -0.2) is 39.6 Å². The molecule has 1 aromatic carbocycles. The maximum Gasteiger partial charge on any atom is 0.335 e. The van der Waals surface area contributed by atoms with Gasteiger partial charge in [-0.05, 0) is 34.1 Å². The number of phenols is 1. The van der Waals surface area contributed by atoms with Gasteiger partial charge in [0.15, 0.2) is 4.60 Å². The predicted molar refractivity (Wildman–Crippen MR) is 74.6 cm³/mol. The number of aromatic nitrogens is 3. The smallest absolute Gasteiger partial charge is 0.335 e. The second kappa shape index (κ2) is 5.33. The molecule has 0 spiro atoms. The molecule has 9 nitrogen and oxygen atoms in total. The third-order valence-corrected chi connectivity index (χ3v) is 4.73. The highest BCUT2D eigenvalue weighted by molar-refractivity contribution is 9.10. The summed E-state index contributed by atoms with van der Waals surface area (Å²) >= 11 is 2.95. The fraction of sp³-hybridized carbons (Fsp3) is 0.100. The highest BCUT2D eigenvalue weighted by Gasteiger charge is 2.25. The van der Waals surface area contributed by atoms with Gasteiger partial charge in [-0.15, -0.1) is 5.10 Å². The molecule has 0 aliphatic rings. The number of hydrogen-bond donors (Lipinski definition) is 3. The monoisotopic (exact) mass is 376 g/mol. The molecule has 112 valence electrons. The van der Waals surface area contributed by atoms with Crippen molar-refractivity contribution >= 4 is 37.6 Å². The van der Waals surface area contributed by atoms with E-state index in [1.807, 2.05) is 0 Å². The largest absolute Gasteiger partial charge is 0.506 e. The van der Waals surface area contributed by atoms with E-state index in [-0.39, 0.29) is 20.9 Å². The molecule has 1 aromatic heterocycles. The number of aromatic carboxylic acids is 1. The lowest BCUT2D eigenvalue weighted by Crippen LogP contribution is -2.17. The summed E-state index contributed by atoms with van der Waals surface area (Å²) in [6.45, 7) is 0. The number of phenolic OH excluding ortho intramolecular Hbond substituents is 1. The summed E-state index contributed by atoms with van der Waals surface area (Å²) in [7, 11) is -2.73. The SMILES string of the molecule is Cn1nnc(Br)c1S(=O)(=O)Nc1cc(C(=O)O)ccc1O. The Labute approximate surface area is 127 Å². The number of aromatic hydroxyl groups is 1. The van der Waals surface area contributed by atoms with Crippen LogP contribution in [-0.2, 0) is 17.1 Å². The van der Waals surface area contributed by atoms with Crippen LogP contribution in [0.15, 0.2) is 27.8 Å². The van der Waals surface area contributed by atoms with Crippen LogP contribution >= 0.6 is 15.9 Å². The Morgan fingerprint density at radius 1 is 1.43 bits per heavy atom. The summed E-state index contributed by atoms with van der Waals surface area (Å²) < 4.78 is 27.6. The molecule has 0 bridgehead atoms. The average Bonchev–Trinajstić information content (AvgIpc) is 2.71. The van der Waals surface area contributed by atoms with Crippen molar-refractivity contribution in [1.82, 2.24) is 15.0 Å². The first kappa shape index (κ1) is 15.3. The summed E-state index contributed by atoms with van der Waals surface area (Å²) in [6.07, 6.45) is 0. The van der Waals surface area contributed by atoms with E-state index in [9.17, 15) is 18.3 Å². The van der Waals surface area contributed by atoms with Crippen LogP contribution in [0, 0.1) is 0 Å². The Bertz CT molecular complexity index is 797. The summed E-state index contributed by atoms with van der Waals surface area (Å²) in [4.78, 5) is 10.9. The molecule has 0 radical (unpaired) electrons. The molecule has 0 amide bonds. The zero-order chi connectivity index (χ0) is 15.8. The number of carboxylic acids is 1. The Balaban J connectivity index is 2.46. The van der Waals surface area contributed by atoms with Crippen LogP contribution < -0.4 is 4.72 Å². The Morgan fingerprint density at radius 2 is 2.10 bits per heavy atom. The van der Waals surface area contributed by atoms with E-state index in [0.717, 1.165) is 22.9 Å². The minimum atomic E-state index is -4.11. The zero-order valence-electron chi connectivity index (χ0n) is 10.5. The maximum atomic E-state index is 12.2. The number of benzene rings is 1. The molecular formula is C10H9BrN4O5S. The summed E-state index contributed by atoms with van der Waals surface area (Å²) in [5, 5.41) is 25.3. The van der Waals surface area contributed by atoms with Gasteiger partial charge in [-0.25, -0.2) is 9.48 Å². The van der Waals surface area contributed by atoms with Gasteiger partial charge < -0.3 is 10.2 Å². The first-order chi connectivity index (χ1) is 9.72. The molecule has 11 heteroatoms. The van der Waals surface area contributed by atoms with Gasteiger partial charge in [0.2, 0.25) is 5.03 Å². The summed E-state index contributed by atoms with van der Waals surface area (Å²) in [5.74, 6) is -1.66. The van der Waals surface area contributed by atoms with E-state index < -0.39 is 21.7 Å². The normalized spacial score (nSPS) is 11.3. The minimum absolute atomic E-state index is 0.00798. The Kier molecular flexibility index (Phi) is 3.87. The van der Waals surface area contributed by atoms with Crippen molar-refractivity contribution < 1.29 is 23.4 Å². The molecule has 0 unspecified atom stereocenters. The van der Waals surface area contributed by atoms with Gasteiger partial charge in [-0.3, -0.25) is 4.72 Å². The first-order valence-electron chi connectivity index (χ1n) is 5.36. The van der Waals surface area contributed by atoms with Crippen molar-refractivity contribution in [1.29, 1.82) is 0 Å². The molecular weight excluding hydrogens is 368 g/mol. The standard InChI is InChI=1S/C10H9BrN4O5S/c1-15-9(8(11)12-14-15)21(19,20)13-6-4-5(10(17)18)2-3-7(6)16/h2-4,13,16H,1H3,(H,17,18). The van der Waals surface area contributed by atoms with Crippen LogP contribution in [0.25, 0.3) is 0 Å². The maximum absolute atomic E-state index is 12.2. The molecule has 0 aliphatic carbocycles. The van der Waals surface area contributed by atoms with Gasteiger partial charge >= 0.3 is 5.97 Å². The molecule has 21 heavy (non-hydrogen) atoms. The number of aryl methyl sites for hydroxylation is 1. The number of carbonyl (C=O) groups is 1. The Morgan fingerprint density at radius 3 is 2.62 bits per heavy atom. The fourth-order valence-electron chi connectivity index (χ4n) is 1.55. The molecule has 0 saturated carbocycles. The van der Waals surface area contributed by atoms with Gasteiger partial charge in [0.25, 0.3) is 10.0 Å². The number of nitrogens with one attached hydrogen (secondary N) is 1. The van der Waals surface area contributed by atoms with Crippen molar-refractivity contribution in [2.45, 2.75) is 5.03 Å². The summed E-state index contributed by atoms with van der Waals surface area (Å²) in [6, 6.07) is 3.24. The van der Waals surface area contributed by atoms with Gasteiger partial charge in [0.1, 0.15) is 5.75 Å². The van der Waals surface area contributed by atoms with E-state index in [1.54, 1.807) is 0 Å². The number of hydrogen-bond acceptors (Lipinski definition) is 6. The molecule has 3 N–H and O–H groups in total. The number of rotatable bonds is 4. The average molecular weight is 377 g/mol. The van der Waals surface area contributed by atoms with Crippen molar-refractivity contribution in [3.05, 3.63) is 28.4 Å². The van der Waals surface area contributed by atoms with Gasteiger partial charge in [0, 0.05) is 7.05 Å². The van der Waals surface area contributed by atoms with Gasteiger partial charge in [0.05, 0.1) is 11.3 Å². The molecule has 0 atom stereocenters. The molecule has 0 aliphatic heterocycles. The van der Waals surface area contributed by atoms with Crippen molar-refractivity contribution in [2.24, 2.45) is 7.05 Å². The Hall–Kier alpha value is -2.14. The molecule has 2 rings (SSSR count). The minimum Gasteiger partial charge on any atom is -0.506 e. The quantitative estimate of drug-likeness (QED) is 0.671. The number of carboxylic acid groups (broad SMARTS) is 1. The lowest BCUT2D eigenvalue weighted by Gasteiger charge is -2.10. The van der Waals surface area contributed by atoms with Gasteiger partial charge in [-0.1, -0.05) is 5.21 Å². The van der Waals surface area contributed by atoms with E-state index >= 15 is 0 Å². The third kappa shape index (κ3) is 2.97. The van der Waals surface area contributed by atoms with Crippen molar-refractivity contribution in [2.75, 3.05) is 4.72 Å². The van der Waals surface area contributed by atoms with Crippen LogP contribution in [0.2, 0.25) is 0 Å². The van der Waals surface area contributed by atoms with E-state index in [1.165, 1.54) is 7.05 Å². The highest BCUT2D eigenvalue weighted by Crippen LogP contribution is 2.28. The first-order valence-corrected chi connectivity index (χ1v) is 7.64. The van der Waals surface area contributed by atoms with Gasteiger partial charge in [-0.2, -0.15) is 8.42 Å². The number of nitrogens with zero attached hydrogens (tertiary/aromatic N) is 3. The van der Waals surface area contributed by atoms with E-state index in [4.69, 9.17) is 5.11 Å². The molecule has 0 saturated heterocycles. The molecule has 0 fully saturated rings. The van der Waals surface area contributed by atoms with Crippen molar-refractivity contribution in [3.8, 4) is 5.75 Å². The molecule has 1 heterocycles. The lowest BCUT2D eigenvalue weighted by atomic mass is 10.2. The van der Waals surface area contributed by atoms with Crippen LogP contribution in [0.4, 0.5) is 5.69 Å². The summed E-state index contributed by atoms with van der Waals surface area (Å²) in [5.41, 5.74) is -0.435. The second-order valence-corrected chi connectivity index (χ2v) is 6.30. The van der Waals surface area contributed by atoms with Crippen molar-refractivity contribution in [3.63, 3.8) is 0 Å². The topological polar surface area (TPSA) is 134 Å². The second-order valence-electron chi connectivity index (χ2n) is 3.95. The van der Waals surface area contributed by atoms with Crippen LogP contribution in [0.1, 0.15) is 10.4 Å².